The molecular formula is C16H29N5. The summed E-state index contributed by atoms with van der Waals surface area (Å²) in [5.74, 6) is 9.39. The quantitative estimate of drug-likeness (QED) is 0.553. The van der Waals surface area contributed by atoms with Crippen molar-refractivity contribution in [2.24, 2.45) is 17.7 Å². The minimum atomic E-state index is 0.508. The molecule has 1 aliphatic rings. The van der Waals surface area contributed by atoms with Crippen molar-refractivity contribution in [2.45, 2.75) is 65.3 Å². The minimum Gasteiger partial charge on any atom is -0.367 e. The highest BCUT2D eigenvalue weighted by Gasteiger charge is 2.27. The Labute approximate surface area is 128 Å². The van der Waals surface area contributed by atoms with Crippen molar-refractivity contribution in [2.75, 3.05) is 10.7 Å². The molecule has 1 aliphatic carbocycles. The number of hydrogen-bond acceptors (Lipinski definition) is 5. The Hall–Kier alpha value is -1.36. The van der Waals surface area contributed by atoms with E-state index in [0.29, 0.717) is 17.8 Å². The van der Waals surface area contributed by atoms with Gasteiger partial charge < -0.3 is 10.7 Å². The predicted octanol–water partition coefficient (Wildman–Crippen LogP) is 3.34. The summed E-state index contributed by atoms with van der Waals surface area (Å²) in [6.45, 7) is 6.77. The van der Waals surface area contributed by atoms with Crippen molar-refractivity contribution in [3.8, 4) is 0 Å². The SMILES string of the molecule is CCCc1nc(NN)cc(NC2CCCCC2C(C)C)n1. The van der Waals surface area contributed by atoms with Crippen LogP contribution in [-0.4, -0.2) is 16.0 Å². The number of nitrogens with zero attached hydrogens (tertiary/aromatic N) is 2. The number of nitrogens with two attached hydrogens (primary N) is 1. The number of hydrogen-bond donors (Lipinski definition) is 3. The number of rotatable bonds is 6. The second kappa shape index (κ2) is 7.59. The van der Waals surface area contributed by atoms with E-state index in [2.05, 4.69) is 41.5 Å². The summed E-state index contributed by atoms with van der Waals surface area (Å²) in [5, 5.41) is 3.64. The van der Waals surface area contributed by atoms with Crippen molar-refractivity contribution in [1.29, 1.82) is 0 Å². The van der Waals surface area contributed by atoms with Gasteiger partial charge in [0.05, 0.1) is 0 Å². The minimum absolute atomic E-state index is 0.508. The molecule has 5 nitrogen and oxygen atoms in total. The Kier molecular flexibility index (Phi) is 5.79. The van der Waals surface area contributed by atoms with Crippen molar-refractivity contribution < 1.29 is 0 Å². The molecule has 4 N–H and O–H groups in total. The van der Waals surface area contributed by atoms with Crippen molar-refractivity contribution in [3.05, 3.63) is 11.9 Å². The third kappa shape index (κ3) is 4.30. The summed E-state index contributed by atoms with van der Waals surface area (Å²) in [7, 11) is 0. The fourth-order valence-corrected chi connectivity index (χ4v) is 3.31. The van der Waals surface area contributed by atoms with Gasteiger partial charge in [-0.2, -0.15) is 0 Å². The second-order valence-electron chi connectivity index (χ2n) is 6.39. The standard InChI is InChI=1S/C16H29N5/c1-4-7-14-19-15(10-16(20-14)21-17)18-13-9-6-5-8-12(13)11(2)3/h10-13H,4-9,17H2,1-3H3,(H2,18,19,20,21). The lowest BCUT2D eigenvalue weighted by atomic mass is 9.78. The molecular weight excluding hydrogens is 262 g/mol. The summed E-state index contributed by atoms with van der Waals surface area (Å²) in [5.41, 5.74) is 2.65. The first-order chi connectivity index (χ1) is 10.1. The zero-order valence-electron chi connectivity index (χ0n) is 13.5. The van der Waals surface area contributed by atoms with Gasteiger partial charge >= 0.3 is 0 Å². The number of aromatic nitrogens is 2. The van der Waals surface area contributed by atoms with Crippen LogP contribution >= 0.6 is 0 Å². The molecule has 1 aromatic heterocycles. The zero-order valence-corrected chi connectivity index (χ0v) is 13.5. The maximum absolute atomic E-state index is 5.52. The normalized spacial score (nSPS) is 22.3. The number of nitrogen functional groups attached to an aromatic ring is 1. The fourth-order valence-electron chi connectivity index (χ4n) is 3.31. The van der Waals surface area contributed by atoms with Crippen LogP contribution in [0, 0.1) is 11.8 Å². The molecule has 0 aromatic carbocycles. The van der Waals surface area contributed by atoms with E-state index in [-0.39, 0.29) is 0 Å². The van der Waals surface area contributed by atoms with Crippen molar-refractivity contribution in [1.82, 2.24) is 9.97 Å². The molecule has 21 heavy (non-hydrogen) atoms. The summed E-state index contributed by atoms with van der Waals surface area (Å²) in [6, 6.07) is 2.42. The molecule has 0 aliphatic heterocycles. The largest absolute Gasteiger partial charge is 0.367 e. The van der Waals surface area contributed by atoms with Gasteiger partial charge in [0.15, 0.2) is 0 Å². The van der Waals surface area contributed by atoms with Gasteiger partial charge in [-0.25, -0.2) is 15.8 Å². The van der Waals surface area contributed by atoms with Gasteiger partial charge in [0.2, 0.25) is 0 Å². The number of aryl methyl sites for hydroxylation is 1. The number of anilines is 2. The molecule has 2 rings (SSSR count). The van der Waals surface area contributed by atoms with Crippen LogP contribution in [-0.2, 0) is 6.42 Å². The van der Waals surface area contributed by atoms with Crippen LogP contribution in [0.25, 0.3) is 0 Å². The van der Waals surface area contributed by atoms with Crippen LogP contribution in [0.2, 0.25) is 0 Å². The fraction of sp³-hybridized carbons (Fsp3) is 0.750. The summed E-state index contributed by atoms with van der Waals surface area (Å²) < 4.78 is 0. The summed E-state index contributed by atoms with van der Waals surface area (Å²) in [4.78, 5) is 9.04. The van der Waals surface area contributed by atoms with Gasteiger partial charge in [-0.15, -0.1) is 0 Å². The van der Waals surface area contributed by atoms with Crippen LogP contribution in [0.5, 0.6) is 0 Å². The molecule has 5 heteroatoms. The smallest absolute Gasteiger partial charge is 0.145 e. The molecule has 118 valence electrons. The monoisotopic (exact) mass is 291 g/mol. The Balaban J connectivity index is 2.14. The van der Waals surface area contributed by atoms with Gasteiger partial charge in [0.25, 0.3) is 0 Å². The molecule has 0 amide bonds. The number of nitrogens with one attached hydrogen (secondary N) is 2. The highest BCUT2D eigenvalue weighted by atomic mass is 15.3. The first-order valence-corrected chi connectivity index (χ1v) is 8.25. The molecule has 0 saturated heterocycles. The van der Waals surface area contributed by atoms with E-state index in [1.54, 1.807) is 0 Å². The third-order valence-electron chi connectivity index (χ3n) is 4.40. The van der Waals surface area contributed by atoms with E-state index in [0.717, 1.165) is 30.4 Å². The third-order valence-corrected chi connectivity index (χ3v) is 4.40. The van der Waals surface area contributed by atoms with Gasteiger partial charge in [0.1, 0.15) is 17.5 Å². The van der Waals surface area contributed by atoms with Gasteiger partial charge in [-0.3, -0.25) is 0 Å². The van der Waals surface area contributed by atoms with Gasteiger partial charge in [-0.05, 0) is 31.1 Å². The van der Waals surface area contributed by atoms with Crippen LogP contribution in [0.3, 0.4) is 0 Å². The van der Waals surface area contributed by atoms with Crippen LogP contribution < -0.4 is 16.6 Å². The molecule has 0 radical (unpaired) electrons. The Morgan fingerprint density at radius 3 is 2.62 bits per heavy atom. The van der Waals surface area contributed by atoms with Crippen LogP contribution in [0.4, 0.5) is 11.6 Å². The molecule has 2 atom stereocenters. The summed E-state index contributed by atoms with van der Waals surface area (Å²) in [6.07, 6.45) is 7.09. The Morgan fingerprint density at radius 2 is 1.95 bits per heavy atom. The Morgan fingerprint density at radius 1 is 1.24 bits per heavy atom. The lowest BCUT2D eigenvalue weighted by molar-refractivity contribution is 0.253. The van der Waals surface area contributed by atoms with E-state index in [1.807, 2.05) is 6.07 Å². The van der Waals surface area contributed by atoms with Crippen LogP contribution in [0.1, 0.15) is 58.7 Å². The van der Waals surface area contributed by atoms with Gasteiger partial charge in [-0.1, -0.05) is 33.6 Å². The van der Waals surface area contributed by atoms with Crippen molar-refractivity contribution in [3.63, 3.8) is 0 Å². The topological polar surface area (TPSA) is 75.9 Å². The first-order valence-electron chi connectivity index (χ1n) is 8.25. The van der Waals surface area contributed by atoms with E-state index in [4.69, 9.17) is 5.84 Å². The highest BCUT2D eigenvalue weighted by molar-refractivity contribution is 5.47. The zero-order chi connectivity index (χ0) is 15.2. The average Bonchev–Trinajstić information content (AvgIpc) is 2.47. The maximum Gasteiger partial charge on any atom is 0.145 e. The maximum atomic E-state index is 5.52. The highest BCUT2D eigenvalue weighted by Crippen LogP contribution is 2.32. The first kappa shape index (κ1) is 16.0. The number of hydrazine groups is 1. The van der Waals surface area contributed by atoms with Crippen molar-refractivity contribution >= 4 is 11.6 Å². The predicted molar refractivity (Wildman–Crippen MR) is 88.0 cm³/mol. The molecule has 1 saturated carbocycles. The molecule has 2 unspecified atom stereocenters. The van der Waals surface area contributed by atoms with E-state index >= 15 is 0 Å². The molecule has 0 bridgehead atoms. The molecule has 1 fully saturated rings. The lowest BCUT2D eigenvalue weighted by Gasteiger charge is -2.35. The molecule has 1 aromatic rings. The second-order valence-corrected chi connectivity index (χ2v) is 6.39. The average molecular weight is 291 g/mol. The lowest BCUT2D eigenvalue weighted by Crippen LogP contribution is -2.35. The van der Waals surface area contributed by atoms with E-state index in [1.165, 1.54) is 25.7 Å². The van der Waals surface area contributed by atoms with Crippen LogP contribution in [0.15, 0.2) is 6.07 Å². The Bertz CT molecular complexity index is 446. The van der Waals surface area contributed by atoms with Gasteiger partial charge in [0, 0.05) is 18.5 Å². The van der Waals surface area contributed by atoms with E-state index < -0.39 is 0 Å². The molecule has 1 heterocycles. The molecule has 0 spiro atoms. The van der Waals surface area contributed by atoms with E-state index in [9.17, 15) is 0 Å². The summed E-state index contributed by atoms with van der Waals surface area (Å²) >= 11 is 0.